The lowest BCUT2D eigenvalue weighted by Crippen LogP contribution is -2.39. The zero-order chi connectivity index (χ0) is 14.5. The highest BCUT2D eigenvalue weighted by atomic mass is 35.5. The molecule has 1 aromatic carbocycles. The van der Waals surface area contributed by atoms with Gasteiger partial charge < -0.3 is 4.74 Å². The van der Waals surface area contributed by atoms with Crippen LogP contribution in [0.4, 0.5) is 0 Å². The van der Waals surface area contributed by atoms with E-state index in [2.05, 4.69) is 28.1 Å². The molecule has 1 aliphatic heterocycles. The summed E-state index contributed by atoms with van der Waals surface area (Å²) in [5.74, 6) is 0. The van der Waals surface area contributed by atoms with Crippen LogP contribution in [0.5, 0.6) is 0 Å². The number of nitrogens with zero attached hydrogens (tertiary/aromatic N) is 2. The molecule has 21 heavy (non-hydrogen) atoms. The first kappa shape index (κ1) is 14.5. The highest BCUT2D eigenvalue weighted by molar-refractivity contribution is 6.30. The molecule has 2 heterocycles. The van der Waals surface area contributed by atoms with E-state index in [1.165, 1.54) is 5.56 Å². The molecule has 110 valence electrons. The van der Waals surface area contributed by atoms with E-state index in [-0.39, 0.29) is 6.10 Å². The lowest BCUT2D eigenvalue weighted by Gasteiger charge is -2.33. The zero-order valence-corrected chi connectivity index (χ0v) is 12.7. The third-order valence-corrected chi connectivity index (χ3v) is 4.05. The van der Waals surface area contributed by atoms with Gasteiger partial charge in [-0.15, -0.1) is 0 Å². The van der Waals surface area contributed by atoms with Crippen molar-refractivity contribution in [1.29, 1.82) is 0 Å². The van der Waals surface area contributed by atoms with Crippen molar-refractivity contribution in [3.05, 3.63) is 64.9 Å². The van der Waals surface area contributed by atoms with Gasteiger partial charge in [0.2, 0.25) is 0 Å². The number of pyridine rings is 1. The van der Waals surface area contributed by atoms with Crippen molar-refractivity contribution in [1.82, 2.24) is 9.88 Å². The van der Waals surface area contributed by atoms with Crippen LogP contribution in [0.1, 0.15) is 17.4 Å². The van der Waals surface area contributed by atoms with Gasteiger partial charge in [0.25, 0.3) is 0 Å². The average Bonchev–Trinajstić information content (AvgIpc) is 2.55. The molecular formula is C17H19ClN2O. The second-order valence-corrected chi connectivity index (χ2v) is 5.72. The fraction of sp³-hybridized carbons (Fsp3) is 0.353. The summed E-state index contributed by atoms with van der Waals surface area (Å²) >= 11 is 5.94. The van der Waals surface area contributed by atoms with Crippen molar-refractivity contribution >= 4 is 11.6 Å². The molecule has 0 bridgehead atoms. The predicted octanol–water partition coefficient (Wildman–Crippen LogP) is 3.35. The summed E-state index contributed by atoms with van der Waals surface area (Å²) in [6.07, 6.45) is 2.97. The molecule has 2 aromatic rings. The summed E-state index contributed by atoms with van der Waals surface area (Å²) in [5, 5.41) is 0.765. The molecular weight excluding hydrogens is 284 g/mol. The van der Waals surface area contributed by atoms with Gasteiger partial charge in [0.05, 0.1) is 12.7 Å². The summed E-state index contributed by atoms with van der Waals surface area (Å²) in [7, 11) is 0. The van der Waals surface area contributed by atoms with Crippen molar-refractivity contribution < 1.29 is 4.74 Å². The van der Waals surface area contributed by atoms with E-state index in [1.54, 1.807) is 0 Å². The van der Waals surface area contributed by atoms with Crippen LogP contribution in [0.25, 0.3) is 0 Å². The van der Waals surface area contributed by atoms with Gasteiger partial charge in [0.1, 0.15) is 0 Å². The Morgan fingerprint density at radius 3 is 2.81 bits per heavy atom. The van der Waals surface area contributed by atoms with Crippen LogP contribution in [-0.4, -0.2) is 36.1 Å². The van der Waals surface area contributed by atoms with E-state index in [1.807, 2.05) is 30.5 Å². The number of rotatable bonds is 4. The molecule has 0 aliphatic carbocycles. The SMILES string of the molecule is Clc1ccc([C@@H]2CN(CCc3ccccn3)CCO2)cc1. The number of hydrogen-bond acceptors (Lipinski definition) is 3. The first-order chi connectivity index (χ1) is 10.3. The standard InChI is InChI=1S/C17H19ClN2O/c18-15-6-4-14(5-7-15)17-13-20(11-12-21-17)10-8-16-3-1-2-9-19-16/h1-7,9,17H,8,10-13H2/t17-/m0/s1. The molecule has 0 unspecified atom stereocenters. The first-order valence-electron chi connectivity index (χ1n) is 7.30. The Kier molecular flexibility index (Phi) is 4.86. The van der Waals surface area contributed by atoms with Crippen molar-refractivity contribution in [2.75, 3.05) is 26.2 Å². The number of hydrogen-bond donors (Lipinski definition) is 0. The molecule has 4 heteroatoms. The summed E-state index contributed by atoms with van der Waals surface area (Å²) in [4.78, 5) is 6.82. The maximum absolute atomic E-state index is 5.94. The Morgan fingerprint density at radius 1 is 1.19 bits per heavy atom. The Hall–Kier alpha value is -1.42. The number of morpholine rings is 1. The quantitative estimate of drug-likeness (QED) is 0.866. The molecule has 1 aromatic heterocycles. The maximum atomic E-state index is 5.94. The molecule has 1 atom stereocenters. The monoisotopic (exact) mass is 302 g/mol. The highest BCUT2D eigenvalue weighted by Gasteiger charge is 2.21. The number of halogens is 1. The van der Waals surface area contributed by atoms with E-state index in [4.69, 9.17) is 16.3 Å². The van der Waals surface area contributed by atoms with Crippen molar-refractivity contribution in [3.63, 3.8) is 0 Å². The van der Waals surface area contributed by atoms with Crippen LogP contribution in [-0.2, 0) is 11.2 Å². The third-order valence-electron chi connectivity index (χ3n) is 3.80. The third kappa shape index (κ3) is 4.03. The highest BCUT2D eigenvalue weighted by Crippen LogP contribution is 2.23. The normalized spacial score (nSPS) is 19.6. The lowest BCUT2D eigenvalue weighted by atomic mass is 10.1. The minimum Gasteiger partial charge on any atom is -0.371 e. The van der Waals surface area contributed by atoms with Crippen molar-refractivity contribution in [2.24, 2.45) is 0 Å². The van der Waals surface area contributed by atoms with E-state index in [9.17, 15) is 0 Å². The Balaban J connectivity index is 1.57. The van der Waals surface area contributed by atoms with Gasteiger partial charge in [0, 0.05) is 43.0 Å². The van der Waals surface area contributed by atoms with E-state index >= 15 is 0 Å². The zero-order valence-electron chi connectivity index (χ0n) is 11.9. The van der Waals surface area contributed by atoms with Crippen LogP contribution in [0.15, 0.2) is 48.7 Å². The summed E-state index contributed by atoms with van der Waals surface area (Å²) in [6, 6.07) is 14.0. The number of ether oxygens (including phenoxy) is 1. The molecule has 3 nitrogen and oxygen atoms in total. The lowest BCUT2D eigenvalue weighted by molar-refractivity contribution is -0.0296. The van der Waals surface area contributed by atoms with Gasteiger partial charge in [-0.05, 0) is 29.8 Å². The minimum atomic E-state index is 0.139. The number of aromatic nitrogens is 1. The molecule has 0 radical (unpaired) electrons. The van der Waals surface area contributed by atoms with Gasteiger partial charge >= 0.3 is 0 Å². The van der Waals surface area contributed by atoms with Gasteiger partial charge in [0.15, 0.2) is 0 Å². The predicted molar refractivity (Wildman–Crippen MR) is 84.5 cm³/mol. The Labute approximate surface area is 130 Å². The van der Waals surface area contributed by atoms with Crippen LogP contribution in [0.3, 0.4) is 0 Å². The summed E-state index contributed by atoms with van der Waals surface area (Å²) in [5.41, 5.74) is 2.34. The first-order valence-corrected chi connectivity index (χ1v) is 7.68. The van der Waals surface area contributed by atoms with Crippen molar-refractivity contribution in [2.45, 2.75) is 12.5 Å². The van der Waals surface area contributed by atoms with E-state index in [0.717, 1.165) is 43.4 Å². The largest absolute Gasteiger partial charge is 0.371 e. The smallest absolute Gasteiger partial charge is 0.0952 e. The fourth-order valence-corrected chi connectivity index (χ4v) is 2.73. The van der Waals surface area contributed by atoms with Gasteiger partial charge in [-0.3, -0.25) is 9.88 Å². The van der Waals surface area contributed by atoms with Gasteiger partial charge in [-0.25, -0.2) is 0 Å². The summed E-state index contributed by atoms with van der Waals surface area (Å²) in [6.45, 7) is 3.70. The molecule has 1 aliphatic rings. The molecule has 0 amide bonds. The van der Waals surface area contributed by atoms with Crippen molar-refractivity contribution in [3.8, 4) is 0 Å². The van der Waals surface area contributed by atoms with Crippen LogP contribution >= 0.6 is 11.6 Å². The van der Waals surface area contributed by atoms with Gasteiger partial charge in [-0.2, -0.15) is 0 Å². The Morgan fingerprint density at radius 2 is 2.05 bits per heavy atom. The van der Waals surface area contributed by atoms with Crippen LogP contribution in [0, 0.1) is 0 Å². The second-order valence-electron chi connectivity index (χ2n) is 5.28. The van der Waals surface area contributed by atoms with E-state index in [0.29, 0.717) is 0 Å². The molecule has 3 rings (SSSR count). The molecule has 0 saturated carbocycles. The minimum absolute atomic E-state index is 0.139. The summed E-state index contributed by atoms with van der Waals surface area (Å²) < 4.78 is 5.89. The van der Waals surface area contributed by atoms with Crippen LogP contribution in [0.2, 0.25) is 5.02 Å². The molecule has 0 spiro atoms. The molecule has 1 fully saturated rings. The molecule has 0 N–H and O–H groups in total. The van der Waals surface area contributed by atoms with E-state index < -0.39 is 0 Å². The fourth-order valence-electron chi connectivity index (χ4n) is 2.60. The molecule has 1 saturated heterocycles. The van der Waals surface area contributed by atoms with Gasteiger partial charge in [-0.1, -0.05) is 29.8 Å². The average molecular weight is 303 g/mol. The second kappa shape index (κ2) is 7.03. The number of benzene rings is 1. The maximum Gasteiger partial charge on any atom is 0.0952 e. The van der Waals surface area contributed by atoms with Crippen LogP contribution < -0.4 is 0 Å². The topological polar surface area (TPSA) is 25.4 Å². The Bertz CT molecular complexity index is 559.